The van der Waals surface area contributed by atoms with Crippen LogP contribution in [0.15, 0.2) is 36.7 Å². The zero-order valence-corrected chi connectivity index (χ0v) is 11.8. The minimum atomic E-state index is 0.483. The molecule has 0 spiro atoms. The van der Waals surface area contributed by atoms with E-state index in [1.807, 2.05) is 12.1 Å². The van der Waals surface area contributed by atoms with Gasteiger partial charge in [0.15, 0.2) is 0 Å². The van der Waals surface area contributed by atoms with Crippen LogP contribution in [-0.4, -0.2) is 22.7 Å². The number of ether oxygens (including phenoxy) is 1. The van der Waals surface area contributed by atoms with E-state index >= 15 is 0 Å². The van der Waals surface area contributed by atoms with Gasteiger partial charge in [-0.05, 0) is 18.2 Å². The molecule has 4 nitrogen and oxygen atoms in total. The molecule has 19 heavy (non-hydrogen) atoms. The van der Waals surface area contributed by atoms with Gasteiger partial charge in [0.25, 0.3) is 0 Å². The first-order valence-corrected chi connectivity index (χ1v) is 6.56. The van der Waals surface area contributed by atoms with Crippen molar-refractivity contribution < 1.29 is 4.74 Å². The van der Waals surface area contributed by atoms with E-state index in [2.05, 4.69) is 47.0 Å². The molecule has 0 aliphatic rings. The number of nitrogens with zero attached hydrogens (tertiary/aromatic N) is 2. The fraction of sp³-hybridized carbons (Fsp3) is 0.400. The zero-order chi connectivity index (χ0) is 13.7. The lowest BCUT2D eigenvalue weighted by Crippen LogP contribution is -2.23. The molecular weight excluding hydrogens is 238 g/mol. The van der Waals surface area contributed by atoms with Crippen LogP contribution in [-0.2, 0) is 13.1 Å². The maximum absolute atomic E-state index is 5.29. The molecule has 4 heteroatoms. The molecule has 0 aromatic carbocycles. The van der Waals surface area contributed by atoms with Gasteiger partial charge in [0.2, 0.25) is 5.88 Å². The van der Waals surface area contributed by atoms with Crippen molar-refractivity contribution in [1.82, 2.24) is 14.9 Å². The molecule has 0 aliphatic heterocycles. The third-order valence-corrected chi connectivity index (χ3v) is 3.00. The molecule has 0 atom stereocenters. The quantitative estimate of drug-likeness (QED) is 0.866. The van der Waals surface area contributed by atoms with Crippen molar-refractivity contribution in [2.45, 2.75) is 33.0 Å². The molecule has 1 N–H and O–H groups in total. The first-order chi connectivity index (χ1) is 9.20. The summed E-state index contributed by atoms with van der Waals surface area (Å²) in [7, 11) is 1.66. The molecule has 0 bridgehead atoms. The largest absolute Gasteiger partial charge is 0.481 e. The van der Waals surface area contributed by atoms with Crippen molar-refractivity contribution in [1.29, 1.82) is 0 Å². The fourth-order valence-corrected chi connectivity index (χ4v) is 1.98. The summed E-state index contributed by atoms with van der Waals surface area (Å²) in [5.41, 5.74) is 2.35. The van der Waals surface area contributed by atoms with Crippen LogP contribution < -0.4 is 10.1 Å². The molecule has 2 rings (SSSR count). The Bertz CT molecular complexity index is 520. The number of methoxy groups -OCH3 is 1. The van der Waals surface area contributed by atoms with Crippen molar-refractivity contribution >= 4 is 0 Å². The summed E-state index contributed by atoms with van der Waals surface area (Å²) in [4.78, 5) is 4.23. The number of rotatable bonds is 6. The van der Waals surface area contributed by atoms with Crippen LogP contribution in [0.5, 0.6) is 5.88 Å². The molecule has 0 amide bonds. The van der Waals surface area contributed by atoms with E-state index in [0.29, 0.717) is 11.9 Å². The molecular formula is C15H21N3O. The number of hydrogen-bond acceptors (Lipinski definition) is 3. The second-order valence-electron chi connectivity index (χ2n) is 4.83. The SMILES string of the molecule is COc1ncccc1Cn1cccc1CNC(C)C. The number of hydrogen-bond donors (Lipinski definition) is 1. The van der Waals surface area contributed by atoms with E-state index in [1.165, 1.54) is 5.69 Å². The monoisotopic (exact) mass is 259 g/mol. The van der Waals surface area contributed by atoms with E-state index in [9.17, 15) is 0 Å². The highest BCUT2D eigenvalue weighted by atomic mass is 16.5. The normalized spacial score (nSPS) is 10.9. The van der Waals surface area contributed by atoms with Crippen molar-refractivity contribution in [2.75, 3.05) is 7.11 Å². The Morgan fingerprint density at radius 2 is 2.16 bits per heavy atom. The molecule has 2 aromatic rings. The predicted molar refractivity (Wildman–Crippen MR) is 76.3 cm³/mol. The molecule has 0 radical (unpaired) electrons. The van der Waals surface area contributed by atoms with E-state index in [1.54, 1.807) is 13.3 Å². The number of nitrogens with one attached hydrogen (secondary N) is 1. The zero-order valence-electron chi connectivity index (χ0n) is 11.8. The van der Waals surface area contributed by atoms with Gasteiger partial charge in [0, 0.05) is 36.2 Å². The average Bonchev–Trinajstić information content (AvgIpc) is 2.84. The Kier molecular flexibility index (Phi) is 4.58. The van der Waals surface area contributed by atoms with Crippen molar-refractivity contribution in [3.8, 4) is 5.88 Å². The third kappa shape index (κ3) is 3.58. The summed E-state index contributed by atoms with van der Waals surface area (Å²) in [6.45, 7) is 5.95. The summed E-state index contributed by atoms with van der Waals surface area (Å²) in [5.74, 6) is 0.693. The van der Waals surface area contributed by atoms with Crippen LogP contribution >= 0.6 is 0 Å². The van der Waals surface area contributed by atoms with Gasteiger partial charge in [-0.1, -0.05) is 19.9 Å². The molecule has 0 fully saturated rings. The van der Waals surface area contributed by atoms with E-state index in [0.717, 1.165) is 18.7 Å². The molecule has 2 aromatic heterocycles. The molecule has 0 saturated carbocycles. The highest BCUT2D eigenvalue weighted by Crippen LogP contribution is 2.16. The highest BCUT2D eigenvalue weighted by molar-refractivity contribution is 5.26. The maximum atomic E-state index is 5.29. The first kappa shape index (κ1) is 13.6. The van der Waals surface area contributed by atoms with Crippen LogP contribution in [0.2, 0.25) is 0 Å². The molecule has 102 valence electrons. The Hall–Kier alpha value is -1.81. The summed E-state index contributed by atoms with van der Waals surface area (Å²) < 4.78 is 7.51. The standard InChI is InChI=1S/C15H21N3O/c1-12(2)17-10-14-7-5-9-18(14)11-13-6-4-8-16-15(13)19-3/h4-9,12,17H,10-11H2,1-3H3. The Morgan fingerprint density at radius 3 is 2.89 bits per heavy atom. The van der Waals surface area contributed by atoms with Gasteiger partial charge in [-0.25, -0.2) is 4.98 Å². The Balaban J connectivity index is 2.12. The van der Waals surface area contributed by atoms with Crippen LogP contribution in [0.25, 0.3) is 0 Å². The van der Waals surface area contributed by atoms with Gasteiger partial charge in [0.1, 0.15) is 0 Å². The highest BCUT2D eigenvalue weighted by Gasteiger charge is 2.07. The summed E-state index contributed by atoms with van der Waals surface area (Å²) in [6.07, 6.45) is 3.84. The lowest BCUT2D eigenvalue weighted by Gasteiger charge is -2.13. The first-order valence-electron chi connectivity index (χ1n) is 6.56. The Morgan fingerprint density at radius 1 is 1.32 bits per heavy atom. The van der Waals surface area contributed by atoms with E-state index < -0.39 is 0 Å². The molecule has 2 heterocycles. The molecule has 0 aliphatic carbocycles. The fourth-order valence-electron chi connectivity index (χ4n) is 1.98. The van der Waals surface area contributed by atoms with Gasteiger partial charge in [-0.15, -0.1) is 0 Å². The molecule has 0 saturated heterocycles. The number of pyridine rings is 1. The van der Waals surface area contributed by atoms with Crippen LogP contribution in [0.3, 0.4) is 0 Å². The summed E-state index contributed by atoms with van der Waals surface area (Å²) in [6, 6.07) is 8.67. The topological polar surface area (TPSA) is 39.1 Å². The van der Waals surface area contributed by atoms with Gasteiger partial charge in [0.05, 0.1) is 13.7 Å². The Labute approximate surface area is 114 Å². The van der Waals surface area contributed by atoms with Crippen molar-refractivity contribution in [3.63, 3.8) is 0 Å². The van der Waals surface area contributed by atoms with Crippen LogP contribution in [0.4, 0.5) is 0 Å². The third-order valence-electron chi connectivity index (χ3n) is 3.00. The van der Waals surface area contributed by atoms with Crippen LogP contribution in [0, 0.1) is 0 Å². The lowest BCUT2D eigenvalue weighted by molar-refractivity contribution is 0.391. The minimum absolute atomic E-state index is 0.483. The van der Waals surface area contributed by atoms with Gasteiger partial charge >= 0.3 is 0 Å². The summed E-state index contributed by atoms with van der Waals surface area (Å²) >= 11 is 0. The van der Waals surface area contributed by atoms with Crippen molar-refractivity contribution in [2.24, 2.45) is 0 Å². The maximum Gasteiger partial charge on any atom is 0.218 e. The van der Waals surface area contributed by atoms with E-state index in [4.69, 9.17) is 4.74 Å². The average molecular weight is 259 g/mol. The van der Waals surface area contributed by atoms with E-state index in [-0.39, 0.29) is 0 Å². The number of aromatic nitrogens is 2. The van der Waals surface area contributed by atoms with Crippen molar-refractivity contribution in [3.05, 3.63) is 47.9 Å². The van der Waals surface area contributed by atoms with Gasteiger partial charge in [-0.2, -0.15) is 0 Å². The van der Waals surface area contributed by atoms with Gasteiger partial charge < -0.3 is 14.6 Å². The predicted octanol–water partition coefficient (Wildman–Crippen LogP) is 2.44. The minimum Gasteiger partial charge on any atom is -0.481 e. The smallest absolute Gasteiger partial charge is 0.218 e. The van der Waals surface area contributed by atoms with Crippen LogP contribution in [0.1, 0.15) is 25.1 Å². The lowest BCUT2D eigenvalue weighted by atomic mass is 10.2. The summed E-state index contributed by atoms with van der Waals surface area (Å²) in [5, 5.41) is 3.43. The van der Waals surface area contributed by atoms with Gasteiger partial charge in [-0.3, -0.25) is 0 Å². The molecule has 0 unspecified atom stereocenters. The second-order valence-corrected chi connectivity index (χ2v) is 4.83. The second kappa shape index (κ2) is 6.38.